The van der Waals surface area contributed by atoms with Crippen LogP contribution >= 0.6 is 11.3 Å². The summed E-state index contributed by atoms with van der Waals surface area (Å²) in [5, 5.41) is 9.92. The third-order valence-corrected chi connectivity index (χ3v) is 4.67. The molecule has 0 radical (unpaired) electrons. The lowest BCUT2D eigenvalue weighted by Crippen LogP contribution is -2.57. The highest BCUT2D eigenvalue weighted by Crippen LogP contribution is 2.11. The Morgan fingerprint density at radius 2 is 2.29 bits per heavy atom. The first-order chi connectivity index (χ1) is 10.1. The van der Waals surface area contributed by atoms with Gasteiger partial charge in [-0.2, -0.15) is 11.3 Å². The van der Waals surface area contributed by atoms with E-state index >= 15 is 0 Å². The van der Waals surface area contributed by atoms with Crippen molar-refractivity contribution in [2.24, 2.45) is 0 Å². The normalized spacial score (nSPS) is 22.1. The number of thiophene rings is 1. The predicted octanol–water partition coefficient (Wildman–Crippen LogP) is 1.47. The highest BCUT2D eigenvalue weighted by Gasteiger charge is 2.27. The molecule has 2 N–H and O–H groups in total. The molecule has 0 aromatic carbocycles. The summed E-state index contributed by atoms with van der Waals surface area (Å²) >= 11 is 1.50. The summed E-state index contributed by atoms with van der Waals surface area (Å²) in [7, 11) is 0. The first-order valence-corrected chi connectivity index (χ1v) is 8.37. The lowest BCUT2D eigenvalue weighted by atomic mass is 10.1. The number of piperazine rings is 1. The summed E-state index contributed by atoms with van der Waals surface area (Å²) in [6, 6.07) is 2.36. The molecule has 2 amide bonds. The Morgan fingerprint density at radius 1 is 1.48 bits per heavy atom. The largest absolute Gasteiger partial charge is 0.352 e. The fourth-order valence-corrected chi connectivity index (χ4v) is 3.13. The third-order valence-electron chi connectivity index (χ3n) is 3.99. The molecule has 0 aliphatic carbocycles. The Bertz CT molecular complexity index is 475. The second-order valence-corrected chi connectivity index (χ2v) is 6.22. The van der Waals surface area contributed by atoms with Crippen molar-refractivity contribution >= 4 is 23.2 Å². The van der Waals surface area contributed by atoms with Crippen LogP contribution in [0, 0.1) is 0 Å². The number of nitrogens with zero attached hydrogens (tertiary/aromatic N) is 1. The molecule has 2 unspecified atom stereocenters. The molecule has 6 heteroatoms. The monoisotopic (exact) mass is 309 g/mol. The van der Waals surface area contributed by atoms with Gasteiger partial charge in [0.15, 0.2) is 0 Å². The molecule has 1 aromatic heterocycles. The molecular weight excluding hydrogens is 286 g/mol. The minimum Gasteiger partial charge on any atom is -0.352 e. The maximum Gasteiger partial charge on any atom is 0.252 e. The van der Waals surface area contributed by atoms with Crippen molar-refractivity contribution < 1.29 is 9.59 Å². The molecule has 2 atom stereocenters. The second-order valence-electron chi connectivity index (χ2n) is 5.44. The number of carbonyl (C=O) groups excluding carboxylic acids is 2. The Balaban J connectivity index is 1.68. The van der Waals surface area contributed by atoms with Crippen LogP contribution in [0.2, 0.25) is 0 Å². The van der Waals surface area contributed by atoms with Gasteiger partial charge >= 0.3 is 0 Å². The average molecular weight is 309 g/mol. The van der Waals surface area contributed by atoms with E-state index in [9.17, 15) is 9.59 Å². The molecule has 0 saturated carbocycles. The highest BCUT2D eigenvalue weighted by atomic mass is 32.1. The number of hydrogen-bond donors (Lipinski definition) is 2. The Labute approximate surface area is 129 Å². The van der Waals surface area contributed by atoms with Gasteiger partial charge < -0.3 is 15.5 Å². The van der Waals surface area contributed by atoms with Crippen LogP contribution in [0.15, 0.2) is 16.8 Å². The Hall–Kier alpha value is -1.40. The molecule has 1 aliphatic rings. The Kier molecular flexibility index (Phi) is 5.76. The molecule has 5 nitrogen and oxygen atoms in total. The molecule has 1 saturated heterocycles. The minimum atomic E-state index is -0.0622. The van der Waals surface area contributed by atoms with Crippen LogP contribution in [0.3, 0.4) is 0 Å². The van der Waals surface area contributed by atoms with Crippen LogP contribution in [0.25, 0.3) is 0 Å². The number of amides is 2. The van der Waals surface area contributed by atoms with E-state index in [0.717, 1.165) is 13.1 Å². The van der Waals surface area contributed by atoms with Crippen molar-refractivity contribution in [2.75, 3.05) is 19.6 Å². The van der Waals surface area contributed by atoms with E-state index < -0.39 is 0 Å². The zero-order valence-electron chi connectivity index (χ0n) is 12.6. The number of rotatable bonds is 5. The first-order valence-electron chi connectivity index (χ1n) is 7.43. The minimum absolute atomic E-state index is 0.0622. The van der Waals surface area contributed by atoms with E-state index in [1.165, 1.54) is 11.3 Å². The molecule has 1 aromatic rings. The molecular formula is C15H23N3O2S. The second kappa shape index (κ2) is 7.56. The van der Waals surface area contributed by atoms with Gasteiger partial charge in [0.1, 0.15) is 0 Å². The predicted molar refractivity (Wildman–Crippen MR) is 84.5 cm³/mol. The summed E-state index contributed by atoms with van der Waals surface area (Å²) < 4.78 is 0. The summed E-state index contributed by atoms with van der Waals surface area (Å²) in [5.41, 5.74) is 0.691. The van der Waals surface area contributed by atoms with Crippen molar-refractivity contribution in [1.82, 2.24) is 15.5 Å². The zero-order chi connectivity index (χ0) is 15.2. The summed E-state index contributed by atoms with van der Waals surface area (Å²) in [6.45, 7) is 6.34. The van der Waals surface area contributed by atoms with Crippen LogP contribution in [0.5, 0.6) is 0 Å². The summed E-state index contributed by atoms with van der Waals surface area (Å²) in [4.78, 5) is 25.9. The average Bonchev–Trinajstić information content (AvgIpc) is 3.00. The van der Waals surface area contributed by atoms with E-state index in [0.29, 0.717) is 31.0 Å². The molecule has 1 fully saturated rings. The van der Waals surface area contributed by atoms with E-state index in [1.807, 2.05) is 15.7 Å². The first kappa shape index (κ1) is 16.0. The molecule has 116 valence electrons. The molecule has 1 aliphatic heterocycles. The van der Waals surface area contributed by atoms with Crippen molar-refractivity contribution in [3.05, 3.63) is 22.4 Å². The zero-order valence-corrected chi connectivity index (χ0v) is 13.4. The highest BCUT2D eigenvalue weighted by molar-refractivity contribution is 7.08. The lowest BCUT2D eigenvalue weighted by molar-refractivity contribution is -0.134. The standard InChI is InChI=1S/C15H23N3O2S/c1-11-12(2)18(8-7-16-11)14(19)4-3-6-17-15(20)13-5-9-21-10-13/h5,9-12,16H,3-4,6-8H2,1-2H3,(H,17,20). The SMILES string of the molecule is CC1NCCN(C(=O)CCCNC(=O)c2ccsc2)C1C. The van der Waals surface area contributed by atoms with Crippen LogP contribution in [0.4, 0.5) is 0 Å². The quantitative estimate of drug-likeness (QED) is 0.810. The van der Waals surface area contributed by atoms with Crippen LogP contribution in [-0.2, 0) is 4.79 Å². The van der Waals surface area contributed by atoms with Gasteiger partial charge in [0.2, 0.25) is 5.91 Å². The van der Waals surface area contributed by atoms with E-state index in [2.05, 4.69) is 24.5 Å². The fraction of sp³-hybridized carbons (Fsp3) is 0.600. The van der Waals surface area contributed by atoms with Gasteiger partial charge in [-0.05, 0) is 31.7 Å². The maximum atomic E-state index is 12.2. The summed E-state index contributed by atoms with van der Waals surface area (Å²) in [5.74, 6) is 0.119. The van der Waals surface area contributed by atoms with Crippen molar-refractivity contribution in [3.8, 4) is 0 Å². The number of hydrogen-bond acceptors (Lipinski definition) is 4. The molecule has 0 spiro atoms. The van der Waals surface area contributed by atoms with Gasteiger partial charge in [-0.15, -0.1) is 0 Å². The summed E-state index contributed by atoms with van der Waals surface area (Å²) in [6.07, 6.45) is 1.17. The van der Waals surface area contributed by atoms with Gasteiger partial charge in [0.25, 0.3) is 5.91 Å². The van der Waals surface area contributed by atoms with Gasteiger partial charge in [-0.25, -0.2) is 0 Å². The number of carbonyl (C=O) groups is 2. The third kappa shape index (κ3) is 4.28. The van der Waals surface area contributed by atoms with Crippen molar-refractivity contribution in [1.29, 1.82) is 0 Å². The van der Waals surface area contributed by atoms with E-state index in [1.54, 1.807) is 6.07 Å². The van der Waals surface area contributed by atoms with E-state index in [-0.39, 0.29) is 17.9 Å². The Morgan fingerprint density at radius 3 is 3.00 bits per heavy atom. The maximum absolute atomic E-state index is 12.2. The smallest absolute Gasteiger partial charge is 0.252 e. The van der Waals surface area contributed by atoms with Crippen molar-refractivity contribution in [3.63, 3.8) is 0 Å². The number of nitrogens with one attached hydrogen (secondary N) is 2. The van der Waals surface area contributed by atoms with Crippen molar-refractivity contribution in [2.45, 2.75) is 38.8 Å². The van der Waals surface area contributed by atoms with Crippen LogP contribution < -0.4 is 10.6 Å². The fourth-order valence-electron chi connectivity index (χ4n) is 2.49. The van der Waals surface area contributed by atoms with Crippen LogP contribution in [-0.4, -0.2) is 48.4 Å². The molecule has 2 heterocycles. The van der Waals surface area contributed by atoms with Gasteiger partial charge in [-0.1, -0.05) is 0 Å². The van der Waals surface area contributed by atoms with Crippen LogP contribution in [0.1, 0.15) is 37.0 Å². The van der Waals surface area contributed by atoms with Gasteiger partial charge in [0.05, 0.1) is 0 Å². The van der Waals surface area contributed by atoms with Gasteiger partial charge in [-0.3, -0.25) is 9.59 Å². The molecule has 21 heavy (non-hydrogen) atoms. The lowest BCUT2D eigenvalue weighted by Gasteiger charge is -2.38. The van der Waals surface area contributed by atoms with E-state index in [4.69, 9.17) is 0 Å². The topological polar surface area (TPSA) is 61.4 Å². The molecule has 0 bridgehead atoms. The molecule has 2 rings (SSSR count). The van der Waals surface area contributed by atoms with Gasteiger partial charge in [0, 0.05) is 49.1 Å².